The zero-order valence-corrected chi connectivity index (χ0v) is 48.2. The van der Waals surface area contributed by atoms with Crippen LogP contribution < -0.4 is 0 Å². The van der Waals surface area contributed by atoms with E-state index in [1.165, 1.54) is 43.8 Å². The van der Waals surface area contributed by atoms with Gasteiger partial charge in [0.05, 0.1) is 45.1 Å². The smallest absolute Gasteiger partial charge is 0.164 e. The molecule has 394 valence electrons. The van der Waals surface area contributed by atoms with Gasteiger partial charge < -0.3 is 9.13 Å². The number of benzene rings is 9. The molecule has 6 nitrogen and oxygen atoms in total. The average molecular weight is 1040 g/mol. The number of nitrogens with zero attached hydrogens (tertiary/aromatic N) is 6. The summed E-state index contributed by atoms with van der Waals surface area (Å²) >= 11 is 0. The molecule has 0 aliphatic carbocycles. The molecule has 0 spiro atoms. The van der Waals surface area contributed by atoms with Crippen molar-refractivity contribution >= 4 is 43.6 Å². The Morgan fingerprint density at radius 1 is 0.312 bits per heavy atom. The van der Waals surface area contributed by atoms with Crippen molar-refractivity contribution in [1.82, 2.24) is 24.1 Å². The van der Waals surface area contributed by atoms with Crippen LogP contribution in [0.15, 0.2) is 194 Å². The maximum Gasteiger partial charge on any atom is 0.164 e. The molecule has 3 aromatic heterocycles. The van der Waals surface area contributed by atoms with Gasteiger partial charge in [-0.2, -0.15) is 5.26 Å². The van der Waals surface area contributed by atoms with Crippen molar-refractivity contribution in [3.05, 3.63) is 222 Å². The summed E-state index contributed by atoms with van der Waals surface area (Å²) < 4.78 is 4.84. The van der Waals surface area contributed by atoms with Crippen molar-refractivity contribution in [3.63, 3.8) is 0 Å². The number of para-hydroxylation sites is 4. The minimum Gasteiger partial charge on any atom is -0.309 e. The van der Waals surface area contributed by atoms with Crippen molar-refractivity contribution in [2.24, 2.45) is 0 Å². The van der Waals surface area contributed by atoms with Crippen LogP contribution in [0.3, 0.4) is 0 Å². The Hall–Kier alpha value is -8.92. The summed E-state index contributed by atoms with van der Waals surface area (Å²) in [6, 6.07) is 72.5. The molecule has 80 heavy (non-hydrogen) atoms. The first-order valence-electron chi connectivity index (χ1n) is 28.0. The molecular formula is C74H68N6. The first-order chi connectivity index (χ1) is 38.1. The van der Waals surface area contributed by atoms with Gasteiger partial charge >= 0.3 is 0 Å². The van der Waals surface area contributed by atoms with Gasteiger partial charge in [0.2, 0.25) is 0 Å². The van der Waals surface area contributed by atoms with Crippen LogP contribution in [0.25, 0.3) is 111 Å². The molecular weight excluding hydrogens is 973 g/mol. The molecule has 12 rings (SSSR count). The van der Waals surface area contributed by atoms with E-state index in [1.807, 2.05) is 18.2 Å². The lowest BCUT2D eigenvalue weighted by Crippen LogP contribution is -2.17. The zero-order valence-electron chi connectivity index (χ0n) is 48.2. The van der Waals surface area contributed by atoms with E-state index in [1.54, 1.807) is 0 Å². The third-order valence-corrected chi connectivity index (χ3v) is 16.0. The number of nitriles is 1. The molecule has 0 aliphatic heterocycles. The second kappa shape index (κ2) is 19.2. The quantitative estimate of drug-likeness (QED) is 0.159. The molecule has 9 aromatic carbocycles. The van der Waals surface area contributed by atoms with Gasteiger partial charge in [0.15, 0.2) is 17.5 Å². The molecule has 0 unspecified atom stereocenters. The van der Waals surface area contributed by atoms with Crippen LogP contribution in [0, 0.1) is 11.3 Å². The van der Waals surface area contributed by atoms with Crippen LogP contribution in [-0.4, -0.2) is 24.1 Å². The SMILES string of the molecule is CC(C)(C)c1cc(-c2nc(-c3cc(C(C)(C)C)cc(C(C)(C)C)c3)nc(-c3ccc(-n4c5ccccc5c5ccccc54)c(-c4ccc(-c5cccc(C#N)c5)cc4-n4c5ccccc5c5ccccc54)c3)n2)cc(C(C)(C)C)c1. The van der Waals surface area contributed by atoms with E-state index in [9.17, 15) is 5.26 Å². The highest BCUT2D eigenvalue weighted by Crippen LogP contribution is 2.45. The van der Waals surface area contributed by atoms with Gasteiger partial charge in [-0.1, -0.05) is 192 Å². The molecule has 0 fully saturated rings. The summed E-state index contributed by atoms with van der Waals surface area (Å²) in [6.07, 6.45) is 0. The van der Waals surface area contributed by atoms with Crippen LogP contribution in [0.4, 0.5) is 0 Å². The summed E-state index contributed by atoms with van der Waals surface area (Å²) in [7, 11) is 0. The summed E-state index contributed by atoms with van der Waals surface area (Å²) in [4.78, 5) is 16.7. The first kappa shape index (κ1) is 51.8. The van der Waals surface area contributed by atoms with Crippen LogP contribution in [0.5, 0.6) is 0 Å². The van der Waals surface area contributed by atoms with E-state index in [0.717, 1.165) is 72.4 Å². The van der Waals surface area contributed by atoms with E-state index in [2.05, 4.69) is 274 Å². The lowest BCUT2D eigenvalue weighted by atomic mass is 9.79. The molecule has 0 atom stereocenters. The number of hydrogen-bond acceptors (Lipinski definition) is 4. The Bertz CT molecular complexity index is 4210. The van der Waals surface area contributed by atoms with E-state index >= 15 is 0 Å². The highest BCUT2D eigenvalue weighted by molar-refractivity contribution is 6.11. The van der Waals surface area contributed by atoms with Gasteiger partial charge in [-0.05, 0) is 140 Å². The van der Waals surface area contributed by atoms with E-state index < -0.39 is 0 Å². The van der Waals surface area contributed by atoms with Gasteiger partial charge in [-0.15, -0.1) is 0 Å². The molecule has 0 radical (unpaired) electrons. The summed E-state index contributed by atoms with van der Waals surface area (Å²) in [5.74, 6) is 1.84. The van der Waals surface area contributed by atoms with Crippen LogP contribution >= 0.6 is 0 Å². The van der Waals surface area contributed by atoms with Crippen molar-refractivity contribution in [2.45, 2.75) is 105 Å². The summed E-state index contributed by atoms with van der Waals surface area (Å²) in [5.41, 5.74) is 18.2. The third-order valence-electron chi connectivity index (χ3n) is 16.0. The third kappa shape index (κ3) is 9.35. The normalized spacial score (nSPS) is 12.5. The van der Waals surface area contributed by atoms with Gasteiger partial charge in [0.1, 0.15) is 0 Å². The first-order valence-corrected chi connectivity index (χ1v) is 28.0. The molecule has 0 amide bonds. The Balaban J connectivity index is 1.20. The second-order valence-corrected chi connectivity index (χ2v) is 25.8. The highest BCUT2D eigenvalue weighted by atomic mass is 15.0. The van der Waals surface area contributed by atoms with Gasteiger partial charge in [0.25, 0.3) is 0 Å². The predicted molar refractivity (Wildman–Crippen MR) is 335 cm³/mol. The van der Waals surface area contributed by atoms with E-state index in [4.69, 9.17) is 15.0 Å². The zero-order chi connectivity index (χ0) is 56.0. The molecule has 0 aliphatic rings. The molecule has 0 saturated carbocycles. The fraction of sp³-hybridized carbons (Fsp3) is 0.216. The van der Waals surface area contributed by atoms with Gasteiger partial charge in [-0.25, -0.2) is 15.0 Å². The Morgan fingerprint density at radius 2 is 0.688 bits per heavy atom. The molecule has 0 N–H and O–H groups in total. The fourth-order valence-corrected chi connectivity index (χ4v) is 11.4. The minimum atomic E-state index is -0.128. The van der Waals surface area contributed by atoms with Crippen LogP contribution in [0.1, 0.15) is 111 Å². The predicted octanol–water partition coefficient (Wildman–Crippen LogP) is 19.5. The summed E-state index contributed by atoms with van der Waals surface area (Å²) in [6.45, 7) is 27.3. The second-order valence-electron chi connectivity index (χ2n) is 25.8. The maximum absolute atomic E-state index is 10.1. The number of rotatable bonds is 7. The molecule has 3 heterocycles. The highest BCUT2D eigenvalue weighted by Gasteiger charge is 2.27. The summed E-state index contributed by atoms with van der Waals surface area (Å²) in [5, 5.41) is 14.8. The largest absolute Gasteiger partial charge is 0.309 e. The van der Waals surface area contributed by atoms with Crippen molar-refractivity contribution in [1.29, 1.82) is 5.26 Å². The molecule has 6 heteroatoms. The van der Waals surface area contributed by atoms with Crippen molar-refractivity contribution in [3.8, 4) is 73.9 Å². The topological polar surface area (TPSA) is 72.3 Å². The van der Waals surface area contributed by atoms with E-state index in [-0.39, 0.29) is 21.7 Å². The van der Waals surface area contributed by atoms with Crippen LogP contribution in [-0.2, 0) is 21.7 Å². The standard InChI is InChI=1S/C74H68N6/c1-71(2,3)52-37-50(38-53(43-52)72(4,5)6)69-76-68(77-70(78-69)51-39-54(73(7,8)9)44-55(40-51)74(10,11)12)49-33-35-66(79-62-28-17-13-24-56(62)57-25-14-18-29-63(57)79)61(41-49)60-34-32-48(47-23-21-22-46(36-47)45-75)42-67(60)80-64-30-19-15-26-58(64)59-27-16-20-31-65(59)80/h13-44H,1-12H3. The monoisotopic (exact) mass is 1040 g/mol. The Kier molecular flexibility index (Phi) is 12.4. The Morgan fingerprint density at radius 3 is 1.10 bits per heavy atom. The average Bonchev–Trinajstić information content (AvgIpc) is 4.07. The number of fused-ring (bicyclic) bond motifs is 6. The molecule has 0 bridgehead atoms. The van der Waals surface area contributed by atoms with Crippen molar-refractivity contribution < 1.29 is 0 Å². The lowest BCUT2D eigenvalue weighted by molar-refractivity contribution is 0.568. The fourth-order valence-electron chi connectivity index (χ4n) is 11.4. The number of aromatic nitrogens is 5. The Labute approximate surface area is 471 Å². The lowest BCUT2D eigenvalue weighted by Gasteiger charge is -2.26. The molecule has 0 saturated heterocycles. The van der Waals surface area contributed by atoms with Crippen molar-refractivity contribution in [2.75, 3.05) is 0 Å². The van der Waals surface area contributed by atoms with E-state index in [0.29, 0.717) is 23.0 Å². The maximum atomic E-state index is 10.1. The number of hydrogen-bond donors (Lipinski definition) is 0. The minimum absolute atomic E-state index is 0.128. The van der Waals surface area contributed by atoms with Crippen LogP contribution in [0.2, 0.25) is 0 Å². The van der Waals surface area contributed by atoms with Gasteiger partial charge in [-0.3, -0.25) is 0 Å². The molecule has 12 aromatic rings. The van der Waals surface area contributed by atoms with Gasteiger partial charge in [0, 0.05) is 49.4 Å².